The summed E-state index contributed by atoms with van der Waals surface area (Å²) in [7, 11) is 0. The highest BCUT2D eigenvalue weighted by Gasteiger charge is 2.30. The van der Waals surface area contributed by atoms with Crippen molar-refractivity contribution in [3.63, 3.8) is 0 Å². The summed E-state index contributed by atoms with van der Waals surface area (Å²) in [6.07, 6.45) is 1.63. The molecule has 0 saturated carbocycles. The van der Waals surface area contributed by atoms with Gasteiger partial charge in [0.05, 0.1) is 0 Å². The molecule has 192 valence electrons. The first-order valence-electron chi connectivity index (χ1n) is 12.2. The van der Waals surface area contributed by atoms with E-state index in [1.165, 1.54) is 11.8 Å². The average molecular weight is 519 g/mol. The number of nitrogens with one attached hydrogen (secondary N) is 2. The zero-order valence-electron chi connectivity index (χ0n) is 20.6. The van der Waals surface area contributed by atoms with Crippen LogP contribution in [0.1, 0.15) is 29.0 Å². The van der Waals surface area contributed by atoms with Crippen molar-refractivity contribution >= 4 is 29.7 Å². The van der Waals surface area contributed by atoms with Crippen molar-refractivity contribution in [2.75, 3.05) is 18.6 Å². The molecular formula is C29H30N2O5S. The van der Waals surface area contributed by atoms with Crippen LogP contribution in [0, 0.1) is 0 Å². The highest BCUT2D eigenvalue weighted by Crippen LogP contribution is 2.44. The molecule has 1 aliphatic rings. The van der Waals surface area contributed by atoms with E-state index in [4.69, 9.17) is 4.74 Å². The minimum absolute atomic E-state index is 0.109. The molecule has 0 bridgehead atoms. The molecule has 0 aliphatic heterocycles. The van der Waals surface area contributed by atoms with E-state index in [0.29, 0.717) is 5.75 Å². The Hall–Kier alpha value is -3.78. The highest BCUT2D eigenvalue weighted by atomic mass is 32.2. The normalized spacial score (nSPS) is 13.6. The molecular weight excluding hydrogens is 488 g/mol. The van der Waals surface area contributed by atoms with Gasteiger partial charge in [0, 0.05) is 12.3 Å². The van der Waals surface area contributed by atoms with Gasteiger partial charge < -0.3 is 20.5 Å². The van der Waals surface area contributed by atoms with Gasteiger partial charge in [-0.3, -0.25) is 4.79 Å². The topological polar surface area (TPSA) is 105 Å². The molecule has 0 fully saturated rings. The number of carbonyl (C=O) groups excluding carboxylic acids is 2. The molecule has 1 aliphatic carbocycles. The van der Waals surface area contributed by atoms with Crippen LogP contribution in [0.2, 0.25) is 0 Å². The number of ether oxygens (including phenoxy) is 1. The predicted molar refractivity (Wildman–Crippen MR) is 145 cm³/mol. The van der Waals surface area contributed by atoms with E-state index in [-0.39, 0.29) is 25.4 Å². The van der Waals surface area contributed by atoms with Crippen molar-refractivity contribution in [1.29, 1.82) is 0 Å². The largest absolute Gasteiger partial charge is 0.480 e. The van der Waals surface area contributed by atoms with Gasteiger partial charge in [-0.1, -0.05) is 78.9 Å². The second-order valence-electron chi connectivity index (χ2n) is 8.89. The zero-order chi connectivity index (χ0) is 26.2. The van der Waals surface area contributed by atoms with Crippen molar-refractivity contribution in [3.05, 3.63) is 95.6 Å². The summed E-state index contributed by atoms with van der Waals surface area (Å²) in [5.74, 6) is -1.20. The zero-order valence-corrected chi connectivity index (χ0v) is 21.4. The Morgan fingerprint density at radius 3 is 2.05 bits per heavy atom. The van der Waals surface area contributed by atoms with E-state index < -0.39 is 30.1 Å². The van der Waals surface area contributed by atoms with Gasteiger partial charge in [0.2, 0.25) is 5.91 Å². The number of thioether (sulfide) groups is 1. The van der Waals surface area contributed by atoms with Crippen LogP contribution in [0.5, 0.6) is 0 Å². The summed E-state index contributed by atoms with van der Waals surface area (Å²) >= 11 is 1.50. The van der Waals surface area contributed by atoms with Gasteiger partial charge in [-0.05, 0) is 46.2 Å². The summed E-state index contributed by atoms with van der Waals surface area (Å²) < 4.78 is 5.63. The Kier molecular flexibility index (Phi) is 8.85. The fourth-order valence-electron chi connectivity index (χ4n) is 4.61. The minimum Gasteiger partial charge on any atom is -0.480 e. The predicted octanol–water partition coefficient (Wildman–Crippen LogP) is 4.46. The third kappa shape index (κ3) is 6.51. The van der Waals surface area contributed by atoms with Gasteiger partial charge in [0.15, 0.2) is 0 Å². The molecule has 3 aromatic rings. The summed E-state index contributed by atoms with van der Waals surface area (Å²) in [4.78, 5) is 37.6. The Morgan fingerprint density at radius 2 is 1.46 bits per heavy atom. The van der Waals surface area contributed by atoms with Gasteiger partial charge in [0.1, 0.15) is 18.7 Å². The Balaban J connectivity index is 1.45. The van der Waals surface area contributed by atoms with Crippen LogP contribution in [0.4, 0.5) is 4.79 Å². The van der Waals surface area contributed by atoms with E-state index in [0.717, 1.165) is 27.8 Å². The number of fused-ring (bicyclic) bond motifs is 3. The van der Waals surface area contributed by atoms with E-state index in [2.05, 4.69) is 22.8 Å². The van der Waals surface area contributed by atoms with Gasteiger partial charge in [-0.25, -0.2) is 9.59 Å². The maximum atomic E-state index is 13.1. The number of hydrogen-bond acceptors (Lipinski definition) is 5. The molecule has 2 unspecified atom stereocenters. The fraction of sp³-hybridized carbons (Fsp3) is 0.276. The first-order valence-corrected chi connectivity index (χ1v) is 13.5. The van der Waals surface area contributed by atoms with Gasteiger partial charge in [0.25, 0.3) is 0 Å². The Bertz CT molecular complexity index is 1200. The first kappa shape index (κ1) is 26.3. The number of carboxylic acids is 1. The number of benzene rings is 3. The lowest BCUT2D eigenvalue weighted by Gasteiger charge is -2.22. The number of aliphatic carboxylic acids is 1. The van der Waals surface area contributed by atoms with Crippen LogP contribution in [0.25, 0.3) is 11.1 Å². The molecule has 2 atom stereocenters. The van der Waals surface area contributed by atoms with Crippen LogP contribution in [0.15, 0.2) is 78.9 Å². The molecule has 8 heteroatoms. The third-order valence-electron chi connectivity index (χ3n) is 6.46. The van der Waals surface area contributed by atoms with Crippen molar-refractivity contribution in [2.24, 2.45) is 0 Å². The van der Waals surface area contributed by atoms with E-state index >= 15 is 0 Å². The number of rotatable bonds is 11. The molecule has 4 rings (SSSR count). The molecule has 0 spiro atoms. The van der Waals surface area contributed by atoms with E-state index in [1.807, 2.05) is 73.0 Å². The molecule has 3 aromatic carbocycles. The van der Waals surface area contributed by atoms with Crippen LogP contribution >= 0.6 is 11.8 Å². The molecule has 0 saturated heterocycles. The second-order valence-corrected chi connectivity index (χ2v) is 9.88. The number of carboxylic acid groups (broad SMARTS) is 1. The van der Waals surface area contributed by atoms with Gasteiger partial charge in [-0.2, -0.15) is 11.8 Å². The first-order chi connectivity index (χ1) is 18.0. The molecule has 2 amide bonds. The standard InChI is InChI=1S/C29H30N2O5S/c1-37-16-15-25(28(33)34)30-27(32)26(17-19-9-3-2-4-10-19)31-29(35)36-18-24-22-13-7-5-11-20(22)21-12-6-8-14-23(21)24/h2-14,24-26H,15-18H2,1H3,(H,30,32)(H,31,35)(H,33,34). The molecule has 3 N–H and O–H groups in total. The van der Waals surface area contributed by atoms with Crippen LogP contribution in [-0.2, 0) is 20.7 Å². The van der Waals surface area contributed by atoms with Gasteiger partial charge in [-0.15, -0.1) is 0 Å². The van der Waals surface area contributed by atoms with Crippen LogP contribution < -0.4 is 10.6 Å². The Labute approximate surface area is 220 Å². The summed E-state index contributed by atoms with van der Waals surface area (Å²) in [6.45, 7) is 0.116. The van der Waals surface area contributed by atoms with E-state index in [1.54, 1.807) is 0 Å². The highest BCUT2D eigenvalue weighted by molar-refractivity contribution is 7.98. The fourth-order valence-corrected chi connectivity index (χ4v) is 5.08. The Morgan fingerprint density at radius 1 is 0.865 bits per heavy atom. The molecule has 7 nitrogen and oxygen atoms in total. The number of carbonyl (C=O) groups is 3. The summed E-state index contributed by atoms with van der Waals surface area (Å²) in [5, 5.41) is 14.8. The van der Waals surface area contributed by atoms with Gasteiger partial charge >= 0.3 is 12.1 Å². The quantitative estimate of drug-likeness (QED) is 0.346. The van der Waals surface area contributed by atoms with Crippen molar-refractivity contribution in [3.8, 4) is 11.1 Å². The van der Waals surface area contributed by atoms with Crippen LogP contribution in [-0.4, -0.2) is 53.8 Å². The SMILES string of the molecule is CSCCC(NC(=O)C(Cc1ccccc1)NC(=O)OCC1c2ccccc2-c2ccccc21)C(=O)O. The smallest absolute Gasteiger partial charge is 0.407 e. The molecule has 37 heavy (non-hydrogen) atoms. The number of amides is 2. The second kappa shape index (κ2) is 12.5. The molecule has 0 aromatic heterocycles. The third-order valence-corrected chi connectivity index (χ3v) is 7.10. The number of hydrogen-bond donors (Lipinski definition) is 3. The lowest BCUT2D eigenvalue weighted by Crippen LogP contribution is -2.52. The maximum absolute atomic E-state index is 13.1. The summed E-state index contributed by atoms with van der Waals surface area (Å²) in [6, 6.07) is 23.3. The molecule has 0 heterocycles. The molecule has 0 radical (unpaired) electrons. The average Bonchev–Trinajstić information content (AvgIpc) is 3.23. The number of alkyl carbamates (subject to hydrolysis) is 1. The monoisotopic (exact) mass is 518 g/mol. The van der Waals surface area contributed by atoms with Crippen LogP contribution in [0.3, 0.4) is 0 Å². The minimum atomic E-state index is -1.11. The van der Waals surface area contributed by atoms with Crippen molar-refractivity contribution in [1.82, 2.24) is 10.6 Å². The summed E-state index contributed by atoms with van der Waals surface area (Å²) in [5.41, 5.74) is 5.26. The lowest BCUT2D eigenvalue weighted by atomic mass is 9.98. The lowest BCUT2D eigenvalue weighted by molar-refractivity contribution is -0.142. The maximum Gasteiger partial charge on any atom is 0.407 e. The van der Waals surface area contributed by atoms with E-state index in [9.17, 15) is 19.5 Å². The van der Waals surface area contributed by atoms with Crippen molar-refractivity contribution < 1.29 is 24.2 Å². The van der Waals surface area contributed by atoms with Crippen molar-refractivity contribution in [2.45, 2.75) is 30.8 Å².